The molecule has 0 N–H and O–H groups in total. The molecule has 4 heteroatoms. The summed E-state index contributed by atoms with van der Waals surface area (Å²) < 4.78 is 10.2. The zero-order valence-corrected chi connectivity index (χ0v) is 11.5. The van der Waals surface area contributed by atoms with Crippen molar-refractivity contribution in [2.45, 2.75) is 13.3 Å². The summed E-state index contributed by atoms with van der Waals surface area (Å²) in [5, 5.41) is 11.0. The Morgan fingerprint density at radius 2 is 2.05 bits per heavy atom. The molecule has 2 aromatic carbocycles. The molecule has 0 fully saturated rings. The van der Waals surface area contributed by atoms with Crippen LogP contribution >= 0.6 is 0 Å². The zero-order chi connectivity index (χ0) is 14.5. The van der Waals surface area contributed by atoms with Crippen LogP contribution in [0.25, 0.3) is 10.8 Å². The van der Waals surface area contributed by atoms with E-state index < -0.39 is 0 Å². The molecule has 0 radical (unpaired) electrons. The summed E-state index contributed by atoms with van der Waals surface area (Å²) in [6, 6.07) is 11.3. The number of esters is 1. The van der Waals surface area contributed by atoms with E-state index in [-0.39, 0.29) is 12.4 Å². The van der Waals surface area contributed by atoms with Gasteiger partial charge in [0.2, 0.25) is 0 Å². The average molecular weight is 269 g/mol. The normalized spacial score (nSPS) is 10.1. The number of rotatable bonds is 4. The first-order chi connectivity index (χ1) is 9.69. The maximum atomic E-state index is 11.7. The molecule has 0 unspecified atom stereocenters. The largest absolute Gasteiger partial charge is 0.497 e. The fourth-order valence-electron chi connectivity index (χ4n) is 2.14. The molecule has 2 rings (SSSR count). The lowest BCUT2D eigenvalue weighted by Crippen LogP contribution is -2.09. The fourth-order valence-corrected chi connectivity index (χ4v) is 2.14. The molecule has 20 heavy (non-hydrogen) atoms. The van der Waals surface area contributed by atoms with Gasteiger partial charge in [-0.2, -0.15) is 5.26 Å². The molecule has 0 aromatic heterocycles. The summed E-state index contributed by atoms with van der Waals surface area (Å²) >= 11 is 0. The van der Waals surface area contributed by atoms with Crippen molar-refractivity contribution in [2.24, 2.45) is 0 Å². The van der Waals surface area contributed by atoms with Gasteiger partial charge in [-0.1, -0.05) is 12.1 Å². The summed E-state index contributed by atoms with van der Waals surface area (Å²) in [6.07, 6.45) is 0.0846. The van der Waals surface area contributed by atoms with Gasteiger partial charge in [0.15, 0.2) is 0 Å². The Balaban J connectivity index is 2.57. The van der Waals surface area contributed by atoms with Crippen molar-refractivity contribution in [1.82, 2.24) is 0 Å². The van der Waals surface area contributed by atoms with Gasteiger partial charge in [0.1, 0.15) is 5.75 Å². The van der Waals surface area contributed by atoms with Crippen LogP contribution in [0.4, 0.5) is 0 Å². The minimum absolute atomic E-state index is 0.0846. The molecule has 0 spiro atoms. The highest BCUT2D eigenvalue weighted by Gasteiger charge is 2.13. The molecular formula is C16H15NO3. The van der Waals surface area contributed by atoms with Crippen LogP contribution in [-0.2, 0) is 16.0 Å². The Hall–Kier alpha value is -2.54. The lowest BCUT2D eigenvalue weighted by Gasteiger charge is -2.10. The second-order valence-corrected chi connectivity index (χ2v) is 4.27. The van der Waals surface area contributed by atoms with Crippen LogP contribution in [0, 0.1) is 11.3 Å². The number of hydrogen-bond acceptors (Lipinski definition) is 4. The molecular weight excluding hydrogens is 254 g/mol. The van der Waals surface area contributed by atoms with Crippen LogP contribution in [0.5, 0.6) is 5.75 Å². The summed E-state index contributed by atoms with van der Waals surface area (Å²) in [6.45, 7) is 2.09. The summed E-state index contributed by atoms with van der Waals surface area (Å²) in [4.78, 5) is 11.7. The Morgan fingerprint density at radius 1 is 1.30 bits per heavy atom. The van der Waals surface area contributed by atoms with Crippen LogP contribution in [0.15, 0.2) is 30.3 Å². The molecule has 0 saturated heterocycles. The van der Waals surface area contributed by atoms with Crippen LogP contribution < -0.4 is 4.74 Å². The summed E-state index contributed by atoms with van der Waals surface area (Å²) in [5.74, 6) is 0.358. The number of ether oxygens (including phenoxy) is 2. The van der Waals surface area contributed by atoms with Crippen molar-refractivity contribution in [3.05, 3.63) is 41.5 Å². The molecule has 0 aliphatic rings. The standard InChI is InChI=1S/C16H15NO3/c1-3-20-16(18)9-15-12(10-17)5-4-11-6-7-13(19-2)8-14(11)15/h4-8H,3,9H2,1-2H3. The summed E-state index contributed by atoms with van der Waals surface area (Å²) in [7, 11) is 1.58. The number of fused-ring (bicyclic) bond motifs is 1. The SMILES string of the molecule is CCOC(=O)Cc1c(C#N)ccc2ccc(OC)cc12. The highest BCUT2D eigenvalue weighted by Crippen LogP contribution is 2.27. The molecule has 0 heterocycles. The second-order valence-electron chi connectivity index (χ2n) is 4.27. The molecule has 0 saturated carbocycles. The number of nitriles is 1. The minimum Gasteiger partial charge on any atom is -0.497 e. The van der Waals surface area contributed by atoms with E-state index in [1.54, 1.807) is 20.1 Å². The van der Waals surface area contributed by atoms with Gasteiger partial charge in [0, 0.05) is 0 Å². The maximum absolute atomic E-state index is 11.7. The molecule has 0 aliphatic heterocycles. The first kappa shape index (κ1) is 13.9. The molecule has 0 amide bonds. The molecule has 2 aromatic rings. The van der Waals surface area contributed by atoms with E-state index in [0.717, 1.165) is 10.8 Å². The first-order valence-corrected chi connectivity index (χ1v) is 6.35. The third-order valence-corrected chi connectivity index (χ3v) is 3.09. The lowest BCUT2D eigenvalue weighted by molar-refractivity contribution is -0.142. The van der Waals surface area contributed by atoms with Crippen LogP contribution in [0.3, 0.4) is 0 Å². The molecule has 4 nitrogen and oxygen atoms in total. The van der Waals surface area contributed by atoms with Gasteiger partial charge in [0.05, 0.1) is 31.8 Å². The van der Waals surface area contributed by atoms with E-state index in [1.165, 1.54) is 0 Å². The van der Waals surface area contributed by atoms with Gasteiger partial charge in [-0.15, -0.1) is 0 Å². The van der Waals surface area contributed by atoms with E-state index in [9.17, 15) is 10.1 Å². The third kappa shape index (κ3) is 2.72. The molecule has 0 aliphatic carbocycles. The Bertz CT molecular complexity index is 686. The monoisotopic (exact) mass is 269 g/mol. The second kappa shape index (κ2) is 6.07. The van der Waals surface area contributed by atoms with Crippen molar-refractivity contribution >= 4 is 16.7 Å². The number of carbonyl (C=O) groups is 1. The number of carbonyl (C=O) groups excluding carboxylic acids is 1. The highest BCUT2D eigenvalue weighted by molar-refractivity contribution is 5.91. The third-order valence-electron chi connectivity index (χ3n) is 3.09. The molecule has 0 bridgehead atoms. The van der Waals surface area contributed by atoms with Gasteiger partial charge in [0.25, 0.3) is 0 Å². The van der Waals surface area contributed by atoms with Crippen molar-refractivity contribution in [1.29, 1.82) is 5.26 Å². The molecule has 0 atom stereocenters. The van der Waals surface area contributed by atoms with Crippen molar-refractivity contribution in [3.63, 3.8) is 0 Å². The number of benzene rings is 2. The minimum atomic E-state index is -0.334. The fraction of sp³-hybridized carbons (Fsp3) is 0.250. The lowest BCUT2D eigenvalue weighted by atomic mass is 9.97. The van der Waals surface area contributed by atoms with Gasteiger partial charge in [-0.05, 0) is 41.5 Å². The van der Waals surface area contributed by atoms with Crippen LogP contribution in [-0.4, -0.2) is 19.7 Å². The van der Waals surface area contributed by atoms with Crippen LogP contribution in [0.2, 0.25) is 0 Å². The van der Waals surface area contributed by atoms with Gasteiger partial charge in [-0.3, -0.25) is 4.79 Å². The van der Waals surface area contributed by atoms with Crippen molar-refractivity contribution < 1.29 is 14.3 Å². The van der Waals surface area contributed by atoms with E-state index in [0.29, 0.717) is 23.5 Å². The Morgan fingerprint density at radius 3 is 2.70 bits per heavy atom. The zero-order valence-electron chi connectivity index (χ0n) is 11.5. The summed E-state index contributed by atoms with van der Waals surface area (Å²) in [5.41, 5.74) is 1.17. The van der Waals surface area contributed by atoms with E-state index in [1.807, 2.05) is 24.3 Å². The number of hydrogen-bond donors (Lipinski definition) is 0. The number of nitrogens with zero attached hydrogens (tertiary/aromatic N) is 1. The predicted octanol–water partition coefficient (Wildman–Crippen LogP) is 2.83. The van der Waals surface area contributed by atoms with Gasteiger partial charge >= 0.3 is 5.97 Å². The van der Waals surface area contributed by atoms with E-state index in [4.69, 9.17) is 9.47 Å². The predicted molar refractivity (Wildman–Crippen MR) is 75.6 cm³/mol. The van der Waals surface area contributed by atoms with Crippen molar-refractivity contribution in [3.8, 4) is 11.8 Å². The topological polar surface area (TPSA) is 59.3 Å². The Kier molecular flexibility index (Phi) is 4.21. The maximum Gasteiger partial charge on any atom is 0.310 e. The van der Waals surface area contributed by atoms with Gasteiger partial charge in [-0.25, -0.2) is 0 Å². The van der Waals surface area contributed by atoms with E-state index >= 15 is 0 Å². The van der Waals surface area contributed by atoms with Crippen LogP contribution in [0.1, 0.15) is 18.1 Å². The van der Waals surface area contributed by atoms with E-state index in [2.05, 4.69) is 6.07 Å². The molecule has 102 valence electrons. The average Bonchev–Trinajstić information content (AvgIpc) is 2.47. The smallest absolute Gasteiger partial charge is 0.310 e. The first-order valence-electron chi connectivity index (χ1n) is 6.35. The quantitative estimate of drug-likeness (QED) is 0.801. The number of methoxy groups -OCH3 is 1. The van der Waals surface area contributed by atoms with Crippen molar-refractivity contribution in [2.75, 3.05) is 13.7 Å². The Labute approximate surface area is 117 Å². The highest BCUT2D eigenvalue weighted by atomic mass is 16.5. The van der Waals surface area contributed by atoms with Gasteiger partial charge < -0.3 is 9.47 Å².